The number of hydrogen-bond donors (Lipinski definition) is 2. The summed E-state index contributed by atoms with van der Waals surface area (Å²) in [6.07, 6.45) is 6.02. The molecule has 0 saturated heterocycles. The van der Waals surface area contributed by atoms with Crippen molar-refractivity contribution in [1.29, 1.82) is 0 Å². The Kier molecular flexibility index (Phi) is 6.13. The summed E-state index contributed by atoms with van der Waals surface area (Å²) in [6, 6.07) is 5.17. The molecule has 3 aromatic rings. The van der Waals surface area contributed by atoms with Crippen molar-refractivity contribution < 1.29 is 9.21 Å². The molecule has 0 aliphatic rings. The van der Waals surface area contributed by atoms with Crippen LogP contribution in [0.15, 0.2) is 40.5 Å². The van der Waals surface area contributed by atoms with Crippen molar-refractivity contribution >= 4 is 34.9 Å². The van der Waals surface area contributed by atoms with Gasteiger partial charge in [-0.2, -0.15) is 16.9 Å². The SMILES string of the molecule is CSCc1nc(CCNC(=O)Nc2ccnn2Cc2ccco2)cs1. The van der Waals surface area contributed by atoms with Gasteiger partial charge in [-0.05, 0) is 18.4 Å². The average Bonchev–Trinajstić information content (AvgIpc) is 3.32. The fourth-order valence-electron chi connectivity index (χ4n) is 2.23. The zero-order valence-electron chi connectivity index (χ0n) is 13.8. The van der Waals surface area contributed by atoms with Gasteiger partial charge in [0, 0.05) is 30.2 Å². The van der Waals surface area contributed by atoms with Gasteiger partial charge in [0.25, 0.3) is 0 Å². The molecule has 7 nitrogen and oxygen atoms in total. The van der Waals surface area contributed by atoms with Crippen LogP contribution in [-0.4, -0.2) is 33.6 Å². The largest absolute Gasteiger partial charge is 0.467 e. The summed E-state index contributed by atoms with van der Waals surface area (Å²) in [5.41, 5.74) is 1.01. The minimum absolute atomic E-state index is 0.263. The van der Waals surface area contributed by atoms with Crippen LogP contribution in [0.5, 0.6) is 0 Å². The minimum Gasteiger partial charge on any atom is -0.467 e. The Morgan fingerprint density at radius 1 is 1.44 bits per heavy atom. The van der Waals surface area contributed by atoms with Crippen LogP contribution in [0, 0.1) is 0 Å². The number of thioether (sulfide) groups is 1. The summed E-state index contributed by atoms with van der Waals surface area (Å²) in [5.74, 6) is 2.32. The van der Waals surface area contributed by atoms with E-state index in [4.69, 9.17) is 4.42 Å². The Morgan fingerprint density at radius 3 is 3.16 bits per heavy atom. The van der Waals surface area contributed by atoms with Gasteiger partial charge in [-0.1, -0.05) is 0 Å². The third-order valence-electron chi connectivity index (χ3n) is 3.38. The second kappa shape index (κ2) is 8.72. The van der Waals surface area contributed by atoms with Gasteiger partial charge in [0.1, 0.15) is 23.1 Å². The quantitative estimate of drug-likeness (QED) is 0.630. The van der Waals surface area contributed by atoms with Crippen molar-refractivity contribution in [1.82, 2.24) is 20.1 Å². The first kappa shape index (κ1) is 17.6. The van der Waals surface area contributed by atoms with Crippen molar-refractivity contribution in [2.24, 2.45) is 0 Å². The summed E-state index contributed by atoms with van der Waals surface area (Å²) in [5, 5.41) is 13.0. The van der Waals surface area contributed by atoms with E-state index in [2.05, 4.69) is 27.0 Å². The molecule has 0 radical (unpaired) electrons. The molecule has 132 valence electrons. The van der Waals surface area contributed by atoms with E-state index in [1.165, 1.54) is 0 Å². The van der Waals surface area contributed by atoms with Crippen molar-refractivity contribution in [2.45, 2.75) is 18.7 Å². The van der Waals surface area contributed by atoms with Gasteiger partial charge in [-0.3, -0.25) is 5.32 Å². The molecule has 3 aromatic heterocycles. The van der Waals surface area contributed by atoms with Crippen LogP contribution >= 0.6 is 23.1 Å². The second-order valence-corrected chi connectivity index (χ2v) is 7.06. The first-order chi connectivity index (χ1) is 12.2. The number of anilines is 1. The van der Waals surface area contributed by atoms with Crippen LogP contribution in [0.4, 0.5) is 10.6 Å². The Bertz CT molecular complexity index is 797. The number of nitrogens with zero attached hydrogens (tertiary/aromatic N) is 3. The zero-order valence-corrected chi connectivity index (χ0v) is 15.4. The molecular formula is C16H19N5O2S2. The summed E-state index contributed by atoms with van der Waals surface area (Å²) >= 11 is 3.41. The van der Waals surface area contributed by atoms with Gasteiger partial charge in [0.15, 0.2) is 0 Å². The van der Waals surface area contributed by atoms with Gasteiger partial charge < -0.3 is 9.73 Å². The van der Waals surface area contributed by atoms with Crippen LogP contribution in [0.3, 0.4) is 0 Å². The fraction of sp³-hybridized carbons (Fsp3) is 0.312. The van der Waals surface area contributed by atoms with Gasteiger partial charge in [0.05, 0.1) is 18.2 Å². The number of amides is 2. The highest BCUT2D eigenvalue weighted by Gasteiger charge is 2.09. The van der Waals surface area contributed by atoms with E-state index in [1.807, 2.05) is 17.5 Å². The number of furan rings is 1. The maximum atomic E-state index is 12.1. The van der Waals surface area contributed by atoms with E-state index in [9.17, 15) is 4.79 Å². The first-order valence-corrected chi connectivity index (χ1v) is 10.0. The first-order valence-electron chi connectivity index (χ1n) is 7.76. The molecule has 0 aromatic carbocycles. The molecule has 0 saturated carbocycles. The van der Waals surface area contributed by atoms with Gasteiger partial charge in [0.2, 0.25) is 0 Å². The molecule has 0 aliphatic heterocycles. The molecule has 0 bridgehead atoms. The molecule has 0 fully saturated rings. The Balaban J connectivity index is 1.45. The topological polar surface area (TPSA) is 85.0 Å². The third kappa shape index (κ3) is 5.10. The summed E-state index contributed by atoms with van der Waals surface area (Å²) in [6.45, 7) is 0.993. The molecule has 3 rings (SSSR count). The van der Waals surface area contributed by atoms with E-state index in [0.29, 0.717) is 25.3 Å². The van der Waals surface area contributed by atoms with Crippen molar-refractivity contribution in [3.05, 3.63) is 52.5 Å². The van der Waals surface area contributed by atoms with E-state index >= 15 is 0 Å². The van der Waals surface area contributed by atoms with Crippen LogP contribution in [-0.2, 0) is 18.7 Å². The predicted molar refractivity (Wildman–Crippen MR) is 100 cm³/mol. The number of thiazole rings is 1. The Labute approximate surface area is 153 Å². The normalized spacial score (nSPS) is 10.8. The molecule has 25 heavy (non-hydrogen) atoms. The predicted octanol–water partition coefficient (Wildman–Crippen LogP) is 3.21. The van der Waals surface area contributed by atoms with Crippen LogP contribution in [0.1, 0.15) is 16.5 Å². The third-order valence-corrected chi connectivity index (χ3v) is 5.02. The van der Waals surface area contributed by atoms with Crippen LogP contribution in [0.25, 0.3) is 0 Å². The molecule has 2 amide bonds. The summed E-state index contributed by atoms with van der Waals surface area (Å²) in [4.78, 5) is 16.6. The van der Waals surface area contributed by atoms with E-state index < -0.39 is 0 Å². The highest BCUT2D eigenvalue weighted by Crippen LogP contribution is 2.15. The molecule has 3 heterocycles. The monoisotopic (exact) mass is 377 g/mol. The summed E-state index contributed by atoms with van der Waals surface area (Å²) in [7, 11) is 0. The van der Waals surface area contributed by atoms with E-state index in [1.54, 1.807) is 46.3 Å². The van der Waals surface area contributed by atoms with E-state index in [0.717, 1.165) is 22.2 Å². The number of nitrogens with one attached hydrogen (secondary N) is 2. The number of urea groups is 1. The highest BCUT2D eigenvalue weighted by atomic mass is 32.2. The molecule has 0 aliphatic carbocycles. The minimum atomic E-state index is -0.263. The lowest BCUT2D eigenvalue weighted by Gasteiger charge is -2.09. The Hall–Kier alpha value is -2.26. The smallest absolute Gasteiger partial charge is 0.320 e. The number of aromatic nitrogens is 3. The van der Waals surface area contributed by atoms with Gasteiger partial charge >= 0.3 is 6.03 Å². The maximum Gasteiger partial charge on any atom is 0.320 e. The molecule has 0 atom stereocenters. The molecular weight excluding hydrogens is 358 g/mol. The molecule has 0 unspecified atom stereocenters. The number of hydrogen-bond acceptors (Lipinski definition) is 6. The standard InChI is InChI=1S/C16H19N5O2S2/c1-24-11-15-19-12(10-25-15)4-6-17-16(22)20-14-5-7-18-21(14)9-13-3-2-8-23-13/h2-3,5,7-8,10H,4,6,9,11H2,1H3,(H2,17,20,22). The highest BCUT2D eigenvalue weighted by molar-refractivity contribution is 7.97. The molecule has 9 heteroatoms. The lowest BCUT2D eigenvalue weighted by Crippen LogP contribution is -2.31. The zero-order chi connectivity index (χ0) is 17.5. The van der Waals surface area contributed by atoms with Crippen molar-refractivity contribution in [3.8, 4) is 0 Å². The van der Waals surface area contributed by atoms with Crippen LogP contribution < -0.4 is 10.6 Å². The van der Waals surface area contributed by atoms with Gasteiger partial charge in [-0.15, -0.1) is 11.3 Å². The Morgan fingerprint density at radius 2 is 2.36 bits per heavy atom. The van der Waals surface area contributed by atoms with Gasteiger partial charge in [-0.25, -0.2) is 14.5 Å². The summed E-state index contributed by atoms with van der Waals surface area (Å²) < 4.78 is 6.98. The molecule has 2 N–H and O–H groups in total. The fourth-order valence-corrected chi connectivity index (χ4v) is 3.78. The number of carbonyl (C=O) groups is 1. The van der Waals surface area contributed by atoms with Crippen molar-refractivity contribution in [3.63, 3.8) is 0 Å². The lowest BCUT2D eigenvalue weighted by molar-refractivity contribution is 0.252. The lowest BCUT2D eigenvalue weighted by atomic mass is 10.3. The molecule has 0 spiro atoms. The second-order valence-electron chi connectivity index (χ2n) is 5.25. The number of rotatable bonds is 8. The van der Waals surface area contributed by atoms with E-state index in [-0.39, 0.29) is 6.03 Å². The maximum absolute atomic E-state index is 12.1. The number of carbonyl (C=O) groups excluding carboxylic acids is 1. The average molecular weight is 377 g/mol. The van der Waals surface area contributed by atoms with Crippen LogP contribution in [0.2, 0.25) is 0 Å². The van der Waals surface area contributed by atoms with Crippen molar-refractivity contribution in [2.75, 3.05) is 18.1 Å².